The number of H-pyrrole nitrogens is 1. The van der Waals surface area contributed by atoms with E-state index >= 15 is 0 Å². The fourth-order valence-electron chi connectivity index (χ4n) is 4.07. The van der Waals surface area contributed by atoms with Crippen molar-refractivity contribution >= 4 is 61.3 Å². The molecule has 210 valence electrons. The number of thiophene rings is 1. The second kappa shape index (κ2) is 11.2. The Hall–Kier alpha value is -4.46. The van der Waals surface area contributed by atoms with E-state index in [-0.39, 0.29) is 31.1 Å². The van der Waals surface area contributed by atoms with Gasteiger partial charge in [0.05, 0.1) is 20.9 Å². The van der Waals surface area contributed by atoms with E-state index in [1.165, 1.54) is 42.5 Å². The number of carbonyl (C=O) groups is 1. The van der Waals surface area contributed by atoms with Crippen molar-refractivity contribution in [2.45, 2.75) is 17.7 Å². The van der Waals surface area contributed by atoms with Crippen LogP contribution in [-0.4, -0.2) is 24.0 Å². The van der Waals surface area contributed by atoms with Crippen molar-refractivity contribution in [3.05, 3.63) is 115 Å². The number of amides is 2. The third-order valence-electron chi connectivity index (χ3n) is 6.18. The summed E-state index contributed by atoms with van der Waals surface area (Å²) in [6, 6.07) is 17.1. The summed E-state index contributed by atoms with van der Waals surface area (Å²) in [4.78, 5) is 41.0. The van der Waals surface area contributed by atoms with Crippen LogP contribution in [0.2, 0.25) is 4.34 Å². The predicted octanol–water partition coefficient (Wildman–Crippen LogP) is 4.96. The Morgan fingerprint density at radius 2 is 1.76 bits per heavy atom. The second-order valence-electron chi connectivity index (χ2n) is 8.87. The van der Waals surface area contributed by atoms with Gasteiger partial charge in [0, 0.05) is 17.9 Å². The zero-order valence-electron chi connectivity index (χ0n) is 21.2. The first-order valence-electron chi connectivity index (χ1n) is 12.0. The summed E-state index contributed by atoms with van der Waals surface area (Å²) in [5.74, 6) is -0.299. The smallest absolute Gasteiger partial charge is 0.333 e. The van der Waals surface area contributed by atoms with Gasteiger partial charge in [-0.2, -0.15) is 0 Å². The average molecular weight is 614 g/mol. The van der Waals surface area contributed by atoms with Gasteiger partial charge >= 0.3 is 11.7 Å². The third kappa shape index (κ3) is 6.01. The number of aromatic amines is 1. The summed E-state index contributed by atoms with van der Waals surface area (Å²) in [7, 11) is -4.11. The summed E-state index contributed by atoms with van der Waals surface area (Å²) in [5.41, 5.74) is 1.47. The molecule has 2 amide bonds. The molecule has 0 aliphatic rings. The largest absolute Gasteiger partial charge is 0.381 e. The number of anilines is 2. The maximum absolute atomic E-state index is 13.8. The molecule has 0 bridgehead atoms. The predicted molar refractivity (Wildman–Crippen MR) is 157 cm³/mol. The molecule has 5 rings (SSSR count). The van der Waals surface area contributed by atoms with Crippen LogP contribution < -0.4 is 26.6 Å². The molecule has 0 aliphatic heterocycles. The lowest BCUT2D eigenvalue weighted by atomic mass is 10.1. The lowest BCUT2D eigenvalue weighted by molar-refractivity contribution is 0.256. The number of nitrogens with zero attached hydrogens (tertiary/aromatic N) is 1. The number of rotatable bonds is 7. The first-order valence-corrected chi connectivity index (χ1v) is 14.7. The summed E-state index contributed by atoms with van der Waals surface area (Å²) < 4.78 is 41.4. The number of fused-ring (bicyclic) bond motifs is 1. The topological polar surface area (TPSA) is 142 Å². The van der Waals surface area contributed by atoms with Gasteiger partial charge in [-0.25, -0.2) is 31.7 Å². The minimum absolute atomic E-state index is 0.118. The van der Waals surface area contributed by atoms with Crippen LogP contribution in [0, 0.1) is 12.7 Å². The monoisotopic (exact) mass is 613 g/mol. The van der Waals surface area contributed by atoms with Crippen molar-refractivity contribution < 1.29 is 17.6 Å². The third-order valence-corrected chi connectivity index (χ3v) is 9.24. The van der Waals surface area contributed by atoms with Gasteiger partial charge in [0.25, 0.3) is 15.6 Å². The SMILES string of the molecule is Cc1c(F)cccc1CNc1ccc2c(=O)n(-c3ccc(NC(=O)NS(=O)(=O)c4ccc(Cl)s4)cc3)c(=O)[nH]c2c1. The molecule has 0 atom stereocenters. The van der Waals surface area contributed by atoms with E-state index in [2.05, 4.69) is 15.6 Å². The fraction of sp³-hybridized carbons (Fsp3) is 0.0741. The molecule has 0 aliphatic carbocycles. The van der Waals surface area contributed by atoms with Crippen molar-refractivity contribution in [3.63, 3.8) is 0 Å². The molecule has 10 nitrogen and oxygen atoms in total. The number of halogens is 2. The van der Waals surface area contributed by atoms with Gasteiger partial charge in [-0.15, -0.1) is 11.3 Å². The van der Waals surface area contributed by atoms with Crippen molar-refractivity contribution in [2.75, 3.05) is 10.6 Å². The van der Waals surface area contributed by atoms with Crippen LogP contribution in [0.4, 0.5) is 20.6 Å². The first kappa shape index (κ1) is 28.1. The molecule has 2 aromatic heterocycles. The maximum atomic E-state index is 13.8. The van der Waals surface area contributed by atoms with Crippen molar-refractivity contribution in [2.24, 2.45) is 0 Å². The molecule has 5 aromatic rings. The Bertz CT molecular complexity index is 2020. The number of nitrogens with one attached hydrogen (secondary N) is 4. The van der Waals surface area contributed by atoms with Gasteiger partial charge in [0.2, 0.25) is 0 Å². The van der Waals surface area contributed by atoms with Crippen LogP contribution in [0.25, 0.3) is 16.6 Å². The Morgan fingerprint density at radius 3 is 2.46 bits per heavy atom. The number of benzene rings is 3. The summed E-state index contributed by atoms with van der Waals surface area (Å²) in [6.45, 7) is 2.04. The zero-order chi connectivity index (χ0) is 29.3. The van der Waals surface area contributed by atoms with Gasteiger partial charge in [0.15, 0.2) is 0 Å². The minimum atomic E-state index is -4.11. The summed E-state index contributed by atoms with van der Waals surface area (Å²) in [6.07, 6.45) is 0. The van der Waals surface area contributed by atoms with E-state index < -0.39 is 27.3 Å². The minimum Gasteiger partial charge on any atom is -0.381 e. The molecule has 4 N–H and O–H groups in total. The molecule has 3 aromatic carbocycles. The van der Waals surface area contributed by atoms with Gasteiger partial charge in [-0.3, -0.25) is 4.79 Å². The number of hydrogen-bond donors (Lipinski definition) is 4. The van der Waals surface area contributed by atoms with E-state index in [0.717, 1.165) is 21.5 Å². The Labute approximate surface area is 241 Å². The second-order valence-corrected chi connectivity index (χ2v) is 12.5. The zero-order valence-corrected chi connectivity index (χ0v) is 23.6. The Morgan fingerprint density at radius 1 is 1.02 bits per heavy atom. The molecule has 0 fully saturated rings. The van der Waals surface area contributed by atoms with Crippen LogP contribution >= 0.6 is 22.9 Å². The molecule has 0 saturated heterocycles. The maximum Gasteiger partial charge on any atom is 0.333 e. The Kier molecular flexibility index (Phi) is 7.67. The lowest BCUT2D eigenvalue weighted by Gasteiger charge is -2.12. The van der Waals surface area contributed by atoms with E-state index in [1.807, 2.05) is 10.8 Å². The highest BCUT2D eigenvalue weighted by Crippen LogP contribution is 2.25. The van der Waals surface area contributed by atoms with E-state index in [0.29, 0.717) is 23.3 Å². The van der Waals surface area contributed by atoms with Crippen molar-refractivity contribution in [3.8, 4) is 5.69 Å². The van der Waals surface area contributed by atoms with Crippen LogP contribution in [0.3, 0.4) is 0 Å². The number of hydrogen-bond acceptors (Lipinski definition) is 7. The number of aromatic nitrogens is 2. The number of sulfonamides is 1. The molecule has 0 unspecified atom stereocenters. The highest BCUT2D eigenvalue weighted by atomic mass is 35.5. The molecule has 41 heavy (non-hydrogen) atoms. The molecule has 0 spiro atoms. The Balaban J connectivity index is 1.32. The standard InChI is InChI=1S/C27H21ClFN5O5S2/c1-15-16(3-2-4-21(15)29)14-30-18-7-10-20-22(13-18)32-27(37)34(25(20)35)19-8-5-17(6-9-19)31-26(36)33-41(38,39)24-12-11-23(28)40-24/h2-13,30H,14H2,1H3,(H,32,37)(H2,31,33,36). The molecule has 2 heterocycles. The quantitative estimate of drug-likeness (QED) is 0.204. The summed E-state index contributed by atoms with van der Waals surface area (Å²) in [5, 5.41) is 5.82. The number of carbonyl (C=O) groups excluding carboxylic acids is 1. The van der Waals surface area contributed by atoms with Gasteiger partial charge < -0.3 is 15.6 Å². The van der Waals surface area contributed by atoms with E-state index in [4.69, 9.17) is 11.6 Å². The van der Waals surface area contributed by atoms with E-state index in [9.17, 15) is 27.2 Å². The van der Waals surface area contributed by atoms with Crippen LogP contribution in [-0.2, 0) is 16.6 Å². The van der Waals surface area contributed by atoms with Crippen LogP contribution in [0.15, 0.2) is 86.6 Å². The van der Waals surface area contributed by atoms with Gasteiger partial charge in [-0.05, 0) is 78.7 Å². The molecule has 14 heteroatoms. The van der Waals surface area contributed by atoms with Gasteiger partial charge in [0.1, 0.15) is 10.0 Å². The van der Waals surface area contributed by atoms with Crippen molar-refractivity contribution in [1.82, 2.24) is 14.3 Å². The fourth-order valence-corrected chi connectivity index (χ4v) is 6.46. The van der Waals surface area contributed by atoms with Gasteiger partial charge in [-0.1, -0.05) is 23.7 Å². The first-order chi connectivity index (χ1) is 19.5. The molecule has 0 radical (unpaired) electrons. The van der Waals surface area contributed by atoms with Crippen LogP contribution in [0.1, 0.15) is 11.1 Å². The normalized spacial score (nSPS) is 11.4. The highest BCUT2D eigenvalue weighted by molar-refractivity contribution is 7.92. The average Bonchev–Trinajstić information content (AvgIpc) is 3.37. The molecule has 0 saturated carbocycles. The van der Waals surface area contributed by atoms with E-state index in [1.54, 1.807) is 31.2 Å². The van der Waals surface area contributed by atoms with Crippen molar-refractivity contribution in [1.29, 1.82) is 0 Å². The van der Waals surface area contributed by atoms with Crippen LogP contribution in [0.5, 0.6) is 0 Å². The molecular weight excluding hydrogens is 593 g/mol. The number of urea groups is 1. The molecular formula is C27H21ClFN5O5S2. The highest BCUT2D eigenvalue weighted by Gasteiger charge is 2.20. The summed E-state index contributed by atoms with van der Waals surface area (Å²) >= 11 is 6.57. The lowest BCUT2D eigenvalue weighted by Crippen LogP contribution is -2.34.